The smallest absolute Gasteiger partial charge is 0.414 e. The van der Waals surface area contributed by atoms with E-state index in [1.807, 2.05) is 0 Å². The lowest BCUT2D eigenvalue weighted by Crippen LogP contribution is -2.34. The maximum Gasteiger partial charge on any atom is 0.414 e. The Labute approximate surface area is 187 Å². The average molecular weight is 436 g/mol. The molecule has 176 valence electrons. The van der Waals surface area contributed by atoms with Gasteiger partial charge in [-0.1, -0.05) is 52.7 Å². The van der Waals surface area contributed by atoms with Gasteiger partial charge in [-0.05, 0) is 74.2 Å². The van der Waals surface area contributed by atoms with Crippen molar-refractivity contribution >= 4 is 11.9 Å². The first kappa shape index (κ1) is 27.0. The molecule has 0 aliphatic carbocycles. The molecule has 0 bridgehead atoms. The molecule has 2 N–H and O–H groups in total. The molecule has 0 spiro atoms. The summed E-state index contributed by atoms with van der Waals surface area (Å²) >= 11 is 0. The minimum atomic E-state index is -1.82. The maximum absolute atomic E-state index is 9.10. The van der Waals surface area contributed by atoms with Crippen LogP contribution in [0.15, 0.2) is 24.3 Å². The van der Waals surface area contributed by atoms with Crippen LogP contribution in [0.2, 0.25) is 0 Å². The van der Waals surface area contributed by atoms with Gasteiger partial charge in [-0.15, -0.1) is 0 Å². The minimum absolute atomic E-state index is 0.255. The van der Waals surface area contributed by atoms with Gasteiger partial charge in [0.1, 0.15) is 5.75 Å². The van der Waals surface area contributed by atoms with E-state index in [2.05, 4.69) is 56.9 Å². The minimum Gasteiger partial charge on any atom is -0.494 e. The van der Waals surface area contributed by atoms with Gasteiger partial charge in [-0.2, -0.15) is 0 Å². The second-order valence-electron chi connectivity index (χ2n) is 9.18. The monoisotopic (exact) mass is 435 g/mol. The summed E-state index contributed by atoms with van der Waals surface area (Å²) < 4.78 is 5.91. The molecule has 6 heteroatoms. The average Bonchev–Trinajstić information content (AvgIpc) is 2.74. The van der Waals surface area contributed by atoms with E-state index in [0.717, 1.165) is 24.7 Å². The van der Waals surface area contributed by atoms with Crippen molar-refractivity contribution in [2.24, 2.45) is 5.92 Å². The number of hydrogen-bond donors (Lipinski definition) is 2. The molecule has 1 aromatic carbocycles. The summed E-state index contributed by atoms with van der Waals surface area (Å²) in [5.74, 6) is -1.74. The number of aliphatic carboxylic acids is 2. The van der Waals surface area contributed by atoms with E-state index in [0.29, 0.717) is 0 Å². The maximum atomic E-state index is 9.10. The van der Waals surface area contributed by atoms with Gasteiger partial charge < -0.3 is 19.8 Å². The molecule has 0 radical (unpaired) electrons. The molecule has 6 nitrogen and oxygen atoms in total. The third-order valence-electron chi connectivity index (χ3n) is 6.08. The molecule has 0 saturated carbocycles. The normalized spacial score (nSPS) is 16.8. The second-order valence-corrected chi connectivity index (χ2v) is 9.18. The Morgan fingerprint density at radius 2 is 1.68 bits per heavy atom. The lowest BCUT2D eigenvalue weighted by Gasteiger charge is -2.30. The Morgan fingerprint density at radius 3 is 2.23 bits per heavy atom. The van der Waals surface area contributed by atoms with Crippen LogP contribution in [0.25, 0.3) is 0 Å². The Hall–Kier alpha value is -2.08. The number of likely N-dealkylation sites (tertiary alicyclic amines) is 1. The van der Waals surface area contributed by atoms with Gasteiger partial charge in [0.05, 0.1) is 6.61 Å². The summed E-state index contributed by atoms with van der Waals surface area (Å²) in [5.41, 5.74) is 1.65. The van der Waals surface area contributed by atoms with Gasteiger partial charge in [0.25, 0.3) is 0 Å². The van der Waals surface area contributed by atoms with E-state index in [-0.39, 0.29) is 5.41 Å². The number of piperidine rings is 1. The zero-order valence-corrected chi connectivity index (χ0v) is 19.7. The van der Waals surface area contributed by atoms with Gasteiger partial charge in [0.2, 0.25) is 0 Å². The first-order chi connectivity index (χ1) is 14.7. The molecule has 1 saturated heterocycles. The highest BCUT2D eigenvalue weighted by atomic mass is 16.5. The van der Waals surface area contributed by atoms with E-state index < -0.39 is 11.9 Å². The SMILES string of the molecule is CCC(C)(C)c1ccc(OCCCCCCN2CCCC(C)C2)cc1.O=C(O)C(=O)O. The van der Waals surface area contributed by atoms with Crippen molar-refractivity contribution < 1.29 is 24.5 Å². The van der Waals surface area contributed by atoms with Crippen LogP contribution in [0.1, 0.15) is 78.2 Å². The predicted octanol–water partition coefficient (Wildman–Crippen LogP) is 5.20. The fourth-order valence-corrected chi connectivity index (χ4v) is 3.68. The van der Waals surface area contributed by atoms with Crippen molar-refractivity contribution in [3.63, 3.8) is 0 Å². The van der Waals surface area contributed by atoms with Gasteiger partial charge in [-0.3, -0.25) is 0 Å². The van der Waals surface area contributed by atoms with Crippen LogP contribution in [0, 0.1) is 5.92 Å². The Bertz CT molecular complexity index is 644. The topological polar surface area (TPSA) is 87.1 Å². The Kier molecular flexibility index (Phi) is 12.2. The van der Waals surface area contributed by atoms with E-state index in [9.17, 15) is 0 Å². The molecule has 0 aromatic heterocycles. The second kappa shape index (κ2) is 14.1. The van der Waals surface area contributed by atoms with Crippen LogP contribution in [0.4, 0.5) is 0 Å². The van der Waals surface area contributed by atoms with Crippen LogP contribution in [0.5, 0.6) is 5.75 Å². The molecule has 2 rings (SSSR count). The molecule has 1 atom stereocenters. The molecule has 1 aliphatic rings. The third-order valence-corrected chi connectivity index (χ3v) is 6.08. The number of carbonyl (C=O) groups is 2. The molecule has 1 aromatic rings. The van der Waals surface area contributed by atoms with Crippen LogP contribution >= 0.6 is 0 Å². The van der Waals surface area contributed by atoms with Gasteiger partial charge in [-0.25, -0.2) is 9.59 Å². The highest BCUT2D eigenvalue weighted by Gasteiger charge is 2.17. The van der Waals surface area contributed by atoms with Crippen LogP contribution in [-0.4, -0.2) is 53.3 Å². The van der Waals surface area contributed by atoms with Crippen LogP contribution in [0.3, 0.4) is 0 Å². The Morgan fingerprint density at radius 1 is 1.06 bits per heavy atom. The summed E-state index contributed by atoms with van der Waals surface area (Å²) in [6, 6.07) is 8.70. The summed E-state index contributed by atoms with van der Waals surface area (Å²) in [6.45, 7) is 14.0. The van der Waals surface area contributed by atoms with Crippen molar-refractivity contribution in [2.75, 3.05) is 26.2 Å². The number of unbranched alkanes of at least 4 members (excludes halogenated alkanes) is 3. The van der Waals surface area contributed by atoms with E-state index in [1.54, 1.807) is 0 Å². The number of rotatable bonds is 10. The highest BCUT2D eigenvalue weighted by molar-refractivity contribution is 6.27. The number of hydrogen-bond acceptors (Lipinski definition) is 4. The molecule has 1 fully saturated rings. The van der Waals surface area contributed by atoms with Crippen molar-refractivity contribution in [1.29, 1.82) is 0 Å². The lowest BCUT2D eigenvalue weighted by atomic mass is 9.82. The zero-order valence-electron chi connectivity index (χ0n) is 19.7. The molecule has 1 heterocycles. The molecular weight excluding hydrogens is 394 g/mol. The molecular formula is C25H41NO5. The Balaban J connectivity index is 0.000000703. The van der Waals surface area contributed by atoms with E-state index in [4.69, 9.17) is 24.5 Å². The number of carboxylic acid groups (broad SMARTS) is 2. The number of benzene rings is 1. The summed E-state index contributed by atoms with van der Waals surface area (Å²) in [7, 11) is 0. The van der Waals surface area contributed by atoms with Crippen LogP contribution in [-0.2, 0) is 15.0 Å². The van der Waals surface area contributed by atoms with Crippen molar-refractivity contribution in [3.8, 4) is 5.75 Å². The number of carboxylic acids is 2. The van der Waals surface area contributed by atoms with Gasteiger partial charge >= 0.3 is 11.9 Å². The van der Waals surface area contributed by atoms with Gasteiger partial charge in [0, 0.05) is 6.54 Å². The standard InChI is InChI=1S/C23H39NO.C2H2O4/c1-5-23(3,4)21-12-14-22(15-13-21)25-18-9-7-6-8-16-24-17-10-11-20(2)19-24;3-1(4)2(5)6/h12-15,20H,5-11,16-19H2,1-4H3;(H,3,4)(H,5,6). The molecule has 1 aliphatic heterocycles. The first-order valence-electron chi connectivity index (χ1n) is 11.6. The number of ether oxygens (including phenoxy) is 1. The molecule has 0 amide bonds. The first-order valence-corrected chi connectivity index (χ1v) is 11.6. The van der Waals surface area contributed by atoms with Gasteiger partial charge in [0.15, 0.2) is 0 Å². The van der Waals surface area contributed by atoms with Crippen molar-refractivity contribution in [2.45, 2.75) is 78.1 Å². The third kappa shape index (κ3) is 11.2. The fraction of sp³-hybridized carbons (Fsp3) is 0.680. The largest absolute Gasteiger partial charge is 0.494 e. The van der Waals surface area contributed by atoms with E-state index >= 15 is 0 Å². The van der Waals surface area contributed by atoms with Crippen molar-refractivity contribution in [3.05, 3.63) is 29.8 Å². The molecule has 31 heavy (non-hydrogen) atoms. The highest BCUT2D eigenvalue weighted by Crippen LogP contribution is 2.28. The lowest BCUT2D eigenvalue weighted by molar-refractivity contribution is -0.159. The molecule has 1 unspecified atom stereocenters. The summed E-state index contributed by atoms with van der Waals surface area (Å²) in [4.78, 5) is 20.9. The fourth-order valence-electron chi connectivity index (χ4n) is 3.68. The quantitative estimate of drug-likeness (QED) is 0.388. The summed E-state index contributed by atoms with van der Waals surface area (Å²) in [5, 5.41) is 14.8. The van der Waals surface area contributed by atoms with Crippen molar-refractivity contribution in [1.82, 2.24) is 4.90 Å². The number of nitrogens with zero attached hydrogens (tertiary/aromatic N) is 1. The van der Waals surface area contributed by atoms with Crippen LogP contribution < -0.4 is 4.74 Å². The summed E-state index contributed by atoms with van der Waals surface area (Å²) in [6.07, 6.45) is 9.09. The van der Waals surface area contributed by atoms with E-state index in [1.165, 1.54) is 63.7 Å². The predicted molar refractivity (Wildman–Crippen MR) is 124 cm³/mol. The zero-order chi connectivity index (χ0) is 23.3.